The van der Waals surface area contributed by atoms with Gasteiger partial charge < -0.3 is 15.8 Å². The van der Waals surface area contributed by atoms with E-state index in [2.05, 4.69) is 21.2 Å². The summed E-state index contributed by atoms with van der Waals surface area (Å²) in [6, 6.07) is 7.66. The van der Waals surface area contributed by atoms with Gasteiger partial charge in [-0.15, -0.1) is 0 Å². The molecule has 0 aliphatic rings. The lowest BCUT2D eigenvalue weighted by atomic mass is 10.2. The summed E-state index contributed by atoms with van der Waals surface area (Å²) < 4.78 is 6.47. The summed E-state index contributed by atoms with van der Waals surface area (Å²) in [5, 5.41) is 2.79. The molecule has 4 nitrogen and oxygen atoms in total. The highest BCUT2D eigenvalue weighted by Crippen LogP contribution is 2.17. The topological polar surface area (TPSA) is 64.4 Å². The van der Waals surface area contributed by atoms with Crippen LogP contribution >= 0.6 is 15.9 Å². The van der Waals surface area contributed by atoms with Crippen molar-refractivity contribution in [2.75, 3.05) is 13.2 Å². The minimum absolute atomic E-state index is 0.0187. The SMILES string of the molecule is CC(N)CCC(=O)NCCOc1cccc(Br)c1. The molecule has 3 N–H and O–H groups in total. The van der Waals surface area contributed by atoms with E-state index in [1.807, 2.05) is 31.2 Å². The Morgan fingerprint density at radius 2 is 2.33 bits per heavy atom. The van der Waals surface area contributed by atoms with Crippen LogP contribution in [0.1, 0.15) is 19.8 Å². The third-order valence-corrected chi connectivity index (χ3v) is 2.81. The zero-order chi connectivity index (χ0) is 13.4. The molecule has 1 aromatic carbocycles. The first-order valence-electron chi connectivity index (χ1n) is 5.98. The quantitative estimate of drug-likeness (QED) is 0.757. The fourth-order valence-corrected chi connectivity index (χ4v) is 1.74. The zero-order valence-corrected chi connectivity index (χ0v) is 12.1. The monoisotopic (exact) mass is 314 g/mol. The second kappa shape index (κ2) is 8.11. The first kappa shape index (κ1) is 15.0. The van der Waals surface area contributed by atoms with Crippen molar-refractivity contribution >= 4 is 21.8 Å². The molecule has 0 aliphatic carbocycles. The third-order valence-electron chi connectivity index (χ3n) is 2.32. The Labute approximate surface area is 116 Å². The molecule has 0 heterocycles. The van der Waals surface area contributed by atoms with Crippen molar-refractivity contribution in [3.63, 3.8) is 0 Å². The van der Waals surface area contributed by atoms with Crippen LogP contribution in [0.25, 0.3) is 0 Å². The van der Waals surface area contributed by atoms with Crippen molar-refractivity contribution in [2.45, 2.75) is 25.8 Å². The van der Waals surface area contributed by atoms with Crippen molar-refractivity contribution in [1.29, 1.82) is 0 Å². The van der Waals surface area contributed by atoms with Crippen molar-refractivity contribution in [1.82, 2.24) is 5.32 Å². The summed E-state index contributed by atoms with van der Waals surface area (Å²) >= 11 is 3.37. The van der Waals surface area contributed by atoms with Gasteiger partial charge in [-0.05, 0) is 31.5 Å². The molecule has 0 fully saturated rings. The molecule has 0 saturated carbocycles. The Bertz CT molecular complexity index is 383. The Morgan fingerprint density at radius 1 is 1.56 bits per heavy atom. The number of nitrogens with one attached hydrogen (secondary N) is 1. The highest BCUT2D eigenvalue weighted by atomic mass is 79.9. The van der Waals surface area contributed by atoms with E-state index in [-0.39, 0.29) is 11.9 Å². The van der Waals surface area contributed by atoms with Crippen LogP contribution in [0.15, 0.2) is 28.7 Å². The second-order valence-electron chi connectivity index (χ2n) is 4.17. The predicted molar refractivity (Wildman–Crippen MR) is 75.5 cm³/mol. The smallest absolute Gasteiger partial charge is 0.220 e. The maximum Gasteiger partial charge on any atom is 0.220 e. The Kier molecular flexibility index (Phi) is 6.75. The Morgan fingerprint density at radius 3 is 3.00 bits per heavy atom. The number of ether oxygens (including phenoxy) is 1. The molecule has 1 rings (SSSR count). The van der Waals surface area contributed by atoms with Crippen molar-refractivity contribution in [3.8, 4) is 5.75 Å². The van der Waals surface area contributed by atoms with Crippen molar-refractivity contribution in [2.24, 2.45) is 5.73 Å². The molecule has 0 radical (unpaired) electrons. The summed E-state index contributed by atoms with van der Waals surface area (Å²) in [5.41, 5.74) is 5.58. The number of hydrogen-bond acceptors (Lipinski definition) is 3. The normalized spacial score (nSPS) is 11.9. The van der Waals surface area contributed by atoms with E-state index >= 15 is 0 Å². The first-order valence-corrected chi connectivity index (χ1v) is 6.78. The van der Waals surface area contributed by atoms with Crippen molar-refractivity contribution < 1.29 is 9.53 Å². The number of rotatable bonds is 7. The minimum Gasteiger partial charge on any atom is -0.492 e. The number of benzene rings is 1. The largest absolute Gasteiger partial charge is 0.492 e. The molecule has 5 heteroatoms. The van der Waals surface area contributed by atoms with E-state index in [1.54, 1.807) is 0 Å². The molecule has 0 saturated heterocycles. The first-order chi connectivity index (χ1) is 8.58. The number of halogens is 1. The van der Waals surface area contributed by atoms with E-state index in [4.69, 9.17) is 10.5 Å². The molecule has 1 aromatic rings. The Hall–Kier alpha value is -1.07. The van der Waals surface area contributed by atoms with E-state index in [1.165, 1.54) is 0 Å². The molecule has 0 bridgehead atoms. The van der Waals surface area contributed by atoms with Gasteiger partial charge in [-0.2, -0.15) is 0 Å². The van der Waals surface area contributed by atoms with Crippen LogP contribution in [0.4, 0.5) is 0 Å². The molecule has 1 atom stereocenters. The molecule has 0 spiro atoms. The van der Waals surface area contributed by atoms with E-state index < -0.39 is 0 Å². The van der Waals surface area contributed by atoms with E-state index in [0.29, 0.717) is 26.0 Å². The average molecular weight is 315 g/mol. The number of amides is 1. The second-order valence-corrected chi connectivity index (χ2v) is 5.09. The number of nitrogens with two attached hydrogens (primary N) is 1. The van der Waals surface area contributed by atoms with Gasteiger partial charge in [-0.25, -0.2) is 0 Å². The summed E-state index contributed by atoms with van der Waals surface area (Å²) in [4.78, 5) is 11.4. The van der Waals surface area contributed by atoms with Crippen LogP contribution < -0.4 is 15.8 Å². The maximum absolute atomic E-state index is 11.4. The maximum atomic E-state index is 11.4. The lowest BCUT2D eigenvalue weighted by Crippen LogP contribution is -2.29. The lowest BCUT2D eigenvalue weighted by Gasteiger charge is -2.08. The molecular formula is C13H19BrN2O2. The average Bonchev–Trinajstić information content (AvgIpc) is 2.32. The molecule has 100 valence electrons. The fourth-order valence-electron chi connectivity index (χ4n) is 1.36. The summed E-state index contributed by atoms with van der Waals surface area (Å²) in [6.45, 7) is 2.86. The van der Waals surface area contributed by atoms with E-state index in [0.717, 1.165) is 10.2 Å². The molecule has 1 amide bonds. The van der Waals surface area contributed by atoms with Gasteiger partial charge in [0.2, 0.25) is 5.91 Å². The van der Waals surface area contributed by atoms with Gasteiger partial charge in [0, 0.05) is 16.9 Å². The highest BCUT2D eigenvalue weighted by Gasteiger charge is 2.02. The Balaban J connectivity index is 2.13. The summed E-state index contributed by atoms with van der Waals surface area (Å²) in [6.07, 6.45) is 1.17. The summed E-state index contributed by atoms with van der Waals surface area (Å²) in [7, 11) is 0. The third kappa shape index (κ3) is 6.61. The molecule has 18 heavy (non-hydrogen) atoms. The zero-order valence-electron chi connectivity index (χ0n) is 10.5. The van der Waals surface area contributed by atoms with Crippen LogP contribution in [-0.4, -0.2) is 25.1 Å². The van der Waals surface area contributed by atoms with Gasteiger partial charge >= 0.3 is 0 Å². The van der Waals surface area contributed by atoms with Crippen LogP contribution in [0.5, 0.6) is 5.75 Å². The van der Waals surface area contributed by atoms with Crippen molar-refractivity contribution in [3.05, 3.63) is 28.7 Å². The minimum atomic E-state index is 0.0187. The standard InChI is InChI=1S/C13H19BrN2O2/c1-10(15)5-6-13(17)16-7-8-18-12-4-2-3-11(14)9-12/h2-4,9-10H,5-8,15H2,1H3,(H,16,17). The lowest BCUT2D eigenvalue weighted by molar-refractivity contribution is -0.121. The molecule has 1 unspecified atom stereocenters. The fraction of sp³-hybridized carbons (Fsp3) is 0.462. The number of carbonyl (C=O) groups excluding carboxylic acids is 1. The van der Waals surface area contributed by atoms with Crippen LogP contribution in [-0.2, 0) is 4.79 Å². The number of carbonyl (C=O) groups is 1. The van der Waals surface area contributed by atoms with Crippen LogP contribution in [0.3, 0.4) is 0 Å². The molecule has 0 aromatic heterocycles. The highest BCUT2D eigenvalue weighted by molar-refractivity contribution is 9.10. The van der Waals surface area contributed by atoms with Crippen LogP contribution in [0.2, 0.25) is 0 Å². The number of hydrogen-bond donors (Lipinski definition) is 2. The van der Waals surface area contributed by atoms with Gasteiger partial charge in [0.15, 0.2) is 0 Å². The van der Waals surface area contributed by atoms with E-state index in [9.17, 15) is 4.79 Å². The van der Waals surface area contributed by atoms with Gasteiger partial charge in [-0.3, -0.25) is 4.79 Å². The summed E-state index contributed by atoms with van der Waals surface area (Å²) in [5.74, 6) is 0.805. The van der Waals surface area contributed by atoms with Gasteiger partial charge in [0.25, 0.3) is 0 Å². The van der Waals surface area contributed by atoms with Crippen LogP contribution in [0, 0.1) is 0 Å². The van der Waals surface area contributed by atoms with Gasteiger partial charge in [-0.1, -0.05) is 22.0 Å². The predicted octanol–water partition coefficient (Wildman–Crippen LogP) is 2.07. The molecular weight excluding hydrogens is 296 g/mol. The van der Waals surface area contributed by atoms with Gasteiger partial charge in [0.05, 0.1) is 6.54 Å². The molecule has 0 aliphatic heterocycles. The van der Waals surface area contributed by atoms with Gasteiger partial charge in [0.1, 0.15) is 12.4 Å².